The molecule has 3 N–H and O–H groups in total. The predicted molar refractivity (Wildman–Crippen MR) is 146 cm³/mol. The highest BCUT2D eigenvalue weighted by atomic mass is 19.4. The molecule has 2 aromatic carbocycles. The Kier molecular flexibility index (Phi) is 8.64. The van der Waals surface area contributed by atoms with Gasteiger partial charge in [-0.2, -0.15) is 13.2 Å². The number of carbonyl (C=O) groups excluding carboxylic acids is 1. The molecule has 1 amide bonds. The summed E-state index contributed by atoms with van der Waals surface area (Å²) in [6.45, 7) is 4.67. The number of nitrogens with zero attached hydrogens (tertiary/aromatic N) is 3. The number of aryl methyl sites for hydroxylation is 1. The number of nitrogens with two attached hydrogens (primary N) is 1. The minimum atomic E-state index is -4.49. The molecular formula is C29H36F3N5O2. The summed E-state index contributed by atoms with van der Waals surface area (Å²) in [4.78, 5) is 23.7. The number of methoxy groups -OCH3 is 1. The number of alkyl halides is 3. The number of hydrogen-bond donors (Lipinski definition) is 2. The first-order valence-corrected chi connectivity index (χ1v) is 13.2. The number of nitrogen functional groups attached to an aromatic ring is 1. The number of rotatable bonds is 8. The van der Waals surface area contributed by atoms with Gasteiger partial charge in [-0.25, -0.2) is 9.97 Å². The Morgan fingerprint density at radius 1 is 1.15 bits per heavy atom. The number of ether oxygens (including phenoxy) is 1. The summed E-state index contributed by atoms with van der Waals surface area (Å²) in [5.74, 6) is 1.62. The number of hydrogen-bond acceptors (Lipinski definition) is 6. The molecule has 1 aliphatic carbocycles. The van der Waals surface area contributed by atoms with Crippen LogP contribution in [0.15, 0.2) is 36.4 Å². The summed E-state index contributed by atoms with van der Waals surface area (Å²) in [5.41, 5.74) is 7.38. The third-order valence-corrected chi connectivity index (χ3v) is 7.54. The van der Waals surface area contributed by atoms with Crippen molar-refractivity contribution in [3.05, 3.63) is 58.9 Å². The van der Waals surface area contributed by atoms with E-state index in [0.717, 1.165) is 54.3 Å². The van der Waals surface area contributed by atoms with E-state index >= 15 is 0 Å². The summed E-state index contributed by atoms with van der Waals surface area (Å²) in [5, 5.41) is 4.10. The lowest BCUT2D eigenvalue weighted by Crippen LogP contribution is -2.36. The molecule has 0 unspecified atom stereocenters. The van der Waals surface area contributed by atoms with Crippen molar-refractivity contribution in [1.82, 2.24) is 14.9 Å². The van der Waals surface area contributed by atoms with Crippen molar-refractivity contribution in [2.45, 2.75) is 57.7 Å². The average molecular weight is 544 g/mol. The third kappa shape index (κ3) is 6.79. The number of halogens is 3. The molecule has 39 heavy (non-hydrogen) atoms. The maximum atomic E-state index is 13.4. The fourth-order valence-electron chi connectivity index (χ4n) is 5.33. The van der Waals surface area contributed by atoms with Gasteiger partial charge in [0.15, 0.2) is 0 Å². The molecule has 1 saturated carbocycles. The second-order valence-corrected chi connectivity index (χ2v) is 10.4. The van der Waals surface area contributed by atoms with Gasteiger partial charge in [0.05, 0.1) is 23.7 Å². The Hall–Kier alpha value is -3.40. The van der Waals surface area contributed by atoms with Crippen molar-refractivity contribution in [2.24, 2.45) is 5.92 Å². The van der Waals surface area contributed by atoms with Gasteiger partial charge in [0, 0.05) is 37.7 Å². The Balaban J connectivity index is 1.54. The molecule has 0 bridgehead atoms. The number of nitrogens with one attached hydrogen (secondary N) is 1. The van der Waals surface area contributed by atoms with E-state index in [1.54, 1.807) is 31.9 Å². The van der Waals surface area contributed by atoms with E-state index in [1.165, 1.54) is 0 Å². The van der Waals surface area contributed by atoms with E-state index < -0.39 is 17.8 Å². The number of anilines is 2. The van der Waals surface area contributed by atoms with E-state index in [9.17, 15) is 18.0 Å². The zero-order valence-corrected chi connectivity index (χ0v) is 22.8. The predicted octanol–water partition coefficient (Wildman–Crippen LogP) is 6.09. The first kappa shape index (κ1) is 28.6. The van der Waals surface area contributed by atoms with Crippen LogP contribution in [0, 0.1) is 12.8 Å². The number of likely N-dealkylation sites (N-methyl/N-ethyl adjacent to an activating group) is 1. The summed E-state index contributed by atoms with van der Waals surface area (Å²) >= 11 is 0. The summed E-state index contributed by atoms with van der Waals surface area (Å²) in [6.07, 6.45) is -1.05. The lowest BCUT2D eigenvalue weighted by molar-refractivity contribution is -0.137. The average Bonchev–Trinajstić information content (AvgIpc) is 2.90. The first-order valence-electron chi connectivity index (χ1n) is 13.2. The van der Waals surface area contributed by atoms with Crippen molar-refractivity contribution in [1.29, 1.82) is 0 Å². The lowest BCUT2D eigenvalue weighted by Gasteiger charge is -2.31. The van der Waals surface area contributed by atoms with Gasteiger partial charge in [0.25, 0.3) is 0 Å². The topological polar surface area (TPSA) is 93.4 Å². The van der Waals surface area contributed by atoms with Gasteiger partial charge in [0.2, 0.25) is 5.91 Å². The zero-order valence-electron chi connectivity index (χ0n) is 22.8. The Labute approximate surface area is 226 Å². The molecule has 3 aromatic rings. The van der Waals surface area contributed by atoms with Gasteiger partial charge < -0.3 is 20.7 Å². The molecule has 0 spiro atoms. The van der Waals surface area contributed by atoms with Crippen molar-refractivity contribution in [2.75, 3.05) is 38.4 Å². The lowest BCUT2D eigenvalue weighted by atomic mass is 9.78. The molecule has 1 aliphatic rings. The van der Waals surface area contributed by atoms with Crippen LogP contribution >= 0.6 is 0 Å². The van der Waals surface area contributed by atoms with Gasteiger partial charge in [-0.15, -0.1) is 0 Å². The molecule has 4 rings (SSSR count). The van der Waals surface area contributed by atoms with Gasteiger partial charge in [0.1, 0.15) is 11.6 Å². The maximum absolute atomic E-state index is 13.4. The van der Waals surface area contributed by atoms with E-state index in [-0.39, 0.29) is 17.5 Å². The SMILES string of the molecule is COCCN(C)C(=O)[C@H]1CC[C@@H](c2ccc3nc(C)nc(N[C@H](C)c4cc(N)cc(C(F)(F)F)c4)c3c2)CC1. The molecule has 1 fully saturated rings. The van der Waals surface area contributed by atoms with Crippen LogP contribution in [-0.2, 0) is 15.7 Å². The number of amides is 1. The van der Waals surface area contributed by atoms with Crippen LogP contribution in [0.3, 0.4) is 0 Å². The van der Waals surface area contributed by atoms with Crippen molar-refractivity contribution in [3.8, 4) is 0 Å². The van der Waals surface area contributed by atoms with Gasteiger partial charge in [-0.3, -0.25) is 4.79 Å². The third-order valence-electron chi connectivity index (χ3n) is 7.54. The molecule has 10 heteroatoms. The number of fused-ring (bicyclic) bond motifs is 1. The van der Waals surface area contributed by atoms with Crippen LogP contribution in [-0.4, -0.2) is 48.1 Å². The normalized spacial score (nSPS) is 18.6. The number of benzene rings is 2. The minimum Gasteiger partial charge on any atom is -0.399 e. The van der Waals surface area contributed by atoms with Crippen LogP contribution in [0.25, 0.3) is 10.9 Å². The van der Waals surface area contributed by atoms with Gasteiger partial charge in [-0.1, -0.05) is 6.07 Å². The van der Waals surface area contributed by atoms with Crippen LogP contribution in [0.5, 0.6) is 0 Å². The standard InChI is InChI=1S/C29H36F3N5O2/c1-17(22-13-23(29(30,31)32)16-24(33)14-22)34-27-25-15-21(9-10-26(25)35-18(2)36-27)19-5-7-20(8-6-19)28(38)37(3)11-12-39-4/h9-10,13-17,19-20H,5-8,11-12,33H2,1-4H3,(H,34,35,36)/t17-,19-,20+/m1/s1. The largest absolute Gasteiger partial charge is 0.416 e. The Bertz CT molecular complexity index is 1320. The molecular weight excluding hydrogens is 507 g/mol. The fourth-order valence-corrected chi connectivity index (χ4v) is 5.33. The fraction of sp³-hybridized carbons (Fsp3) is 0.483. The second kappa shape index (κ2) is 11.8. The molecule has 0 saturated heterocycles. The number of aromatic nitrogens is 2. The van der Waals surface area contributed by atoms with Gasteiger partial charge in [-0.05, 0) is 86.9 Å². The van der Waals surface area contributed by atoms with Gasteiger partial charge >= 0.3 is 6.18 Å². The summed E-state index contributed by atoms with van der Waals surface area (Å²) < 4.78 is 45.2. The Morgan fingerprint density at radius 3 is 2.54 bits per heavy atom. The van der Waals surface area contributed by atoms with Crippen molar-refractivity contribution < 1.29 is 22.7 Å². The Morgan fingerprint density at radius 2 is 1.87 bits per heavy atom. The summed E-state index contributed by atoms with van der Waals surface area (Å²) in [7, 11) is 3.45. The van der Waals surface area contributed by atoms with Crippen molar-refractivity contribution in [3.63, 3.8) is 0 Å². The van der Waals surface area contributed by atoms with Crippen LogP contribution in [0.4, 0.5) is 24.7 Å². The molecule has 1 atom stereocenters. The molecule has 210 valence electrons. The highest BCUT2D eigenvalue weighted by molar-refractivity contribution is 5.90. The molecule has 1 heterocycles. The minimum absolute atomic E-state index is 0.0209. The zero-order chi connectivity index (χ0) is 28.3. The molecule has 1 aromatic heterocycles. The molecule has 0 aliphatic heterocycles. The monoisotopic (exact) mass is 543 g/mol. The second-order valence-electron chi connectivity index (χ2n) is 10.4. The van der Waals surface area contributed by atoms with E-state index in [2.05, 4.69) is 27.4 Å². The van der Waals surface area contributed by atoms with Crippen LogP contribution < -0.4 is 11.1 Å². The quantitative estimate of drug-likeness (QED) is 0.334. The van der Waals surface area contributed by atoms with Crippen LogP contribution in [0.1, 0.15) is 67.1 Å². The van der Waals surface area contributed by atoms with Crippen molar-refractivity contribution >= 4 is 28.3 Å². The summed E-state index contributed by atoms with van der Waals surface area (Å²) in [6, 6.07) is 9.23. The highest BCUT2D eigenvalue weighted by Crippen LogP contribution is 2.39. The van der Waals surface area contributed by atoms with Crippen LogP contribution in [0.2, 0.25) is 0 Å². The van der Waals surface area contributed by atoms with E-state index in [4.69, 9.17) is 10.5 Å². The smallest absolute Gasteiger partial charge is 0.399 e. The maximum Gasteiger partial charge on any atom is 0.416 e. The molecule has 7 nitrogen and oxygen atoms in total. The highest BCUT2D eigenvalue weighted by Gasteiger charge is 2.32. The van der Waals surface area contributed by atoms with E-state index in [0.29, 0.717) is 36.3 Å². The molecule has 0 radical (unpaired) electrons. The number of carbonyl (C=O) groups is 1. The van der Waals surface area contributed by atoms with E-state index in [1.807, 2.05) is 13.1 Å². The first-order chi connectivity index (χ1) is 18.5.